The molecule has 1 heterocycles. The van der Waals surface area contributed by atoms with Crippen LogP contribution >= 0.6 is 0 Å². The summed E-state index contributed by atoms with van der Waals surface area (Å²) in [4.78, 5) is 17.5. The Kier molecular flexibility index (Phi) is 9.71. The molecule has 1 unspecified atom stereocenters. The molecule has 8 heteroatoms. The number of nitro groups is 1. The summed E-state index contributed by atoms with van der Waals surface area (Å²) >= 11 is 0. The van der Waals surface area contributed by atoms with E-state index in [2.05, 4.69) is 29.4 Å². The summed E-state index contributed by atoms with van der Waals surface area (Å²) in [6, 6.07) is 7.22. The smallest absolute Gasteiger partial charge is 0.269 e. The van der Waals surface area contributed by atoms with Gasteiger partial charge < -0.3 is 15.4 Å². The number of nitrogens with zero attached hydrogens (tertiary/aromatic N) is 3. The van der Waals surface area contributed by atoms with Crippen molar-refractivity contribution in [3.05, 3.63) is 39.9 Å². The van der Waals surface area contributed by atoms with Gasteiger partial charge in [0.1, 0.15) is 0 Å². The topological polar surface area (TPSA) is 92.0 Å². The lowest BCUT2D eigenvalue weighted by atomic mass is 10.1. The predicted molar refractivity (Wildman–Crippen MR) is 112 cm³/mol. The number of guanidine groups is 1. The van der Waals surface area contributed by atoms with Crippen LogP contribution in [0.25, 0.3) is 0 Å². The predicted octanol–water partition coefficient (Wildman–Crippen LogP) is 2.19. The van der Waals surface area contributed by atoms with Crippen LogP contribution in [0, 0.1) is 10.1 Å². The van der Waals surface area contributed by atoms with Crippen molar-refractivity contribution in [1.82, 2.24) is 15.5 Å². The van der Waals surface area contributed by atoms with Gasteiger partial charge in [-0.15, -0.1) is 0 Å². The average molecular weight is 392 g/mol. The first-order chi connectivity index (χ1) is 13.6. The number of rotatable bonds is 10. The highest BCUT2D eigenvalue weighted by Gasteiger charge is 2.16. The molecule has 0 bridgehead atoms. The van der Waals surface area contributed by atoms with Crippen molar-refractivity contribution in [3.63, 3.8) is 0 Å². The highest BCUT2D eigenvalue weighted by Crippen LogP contribution is 2.13. The lowest BCUT2D eigenvalue weighted by Gasteiger charge is -2.31. The number of aliphatic imine (C=N–C) groups is 1. The SMILES string of the molecule is CCNC(=NCC(C)N1CCOCC1)NCCCCc1ccc([N+](=O)[O-])cc1. The lowest BCUT2D eigenvalue weighted by Crippen LogP contribution is -2.44. The highest BCUT2D eigenvalue weighted by molar-refractivity contribution is 5.79. The van der Waals surface area contributed by atoms with Crippen LogP contribution in [0.3, 0.4) is 0 Å². The van der Waals surface area contributed by atoms with E-state index >= 15 is 0 Å². The van der Waals surface area contributed by atoms with Crippen LogP contribution < -0.4 is 10.6 Å². The summed E-state index contributed by atoms with van der Waals surface area (Å²) in [5, 5.41) is 17.4. The van der Waals surface area contributed by atoms with E-state index < -0.39 is 0 Å². The number of hydrogen-bond acceptors (Lipinski definition) is 5. The number of ether oxygens (including phenoxy) is 1. The number of non-ortho nitro benzene ring substituents is 1. The van der Waals surface area contributed by atoms with Crippen molar-refractivity contribution in [3.8, 4) is 0 Å². The fraction of sp³-hybridized carbons (Fsp3) is 0.650. The van der Waals surface area contributed by atoms with E-state index in [1.807, 2.05) is 12.1 Å². The number of nitro benzene ring substituents is 1. The molecule has 8 nitrogen and oxygen atoms in total. The van der Waals surface area contributed by atoms with E-state index in [-0.39, 0.29) is 10.6 Å². The van der Waals surface area contributed by atoms with Crippen LogP contribution in [0.15, 0.2) is 29.3 Å². The highest BCUT2D eigenvalue weighted by atomic mass is 16.6. The van der Waals surface area contributed by atoms with Gasteiger partial charge in [-0.3, -0.25) is 20.0 Å². The molecular formula is C20H33N5O3. The Morgan fingerprint density at radius 2 is 1.96 bits per heavy atom. The van der Waals surface area contributed by atoms with Crippen LogP contribution in [0.5, 0.6) is 0 Å². The van der Waals surface area contributed by atoms with Crippen molar-refractivity contribution in [2.24, 2.45) is 4.99 Å². The number of nitrogens with one attached hydrogen (secondary N) is 2. The Hall–Kier alpha value is -2.19. The number of unbranched alkanes of at least 4 members (excludes halogenated alkanes) is 1. The standard InChI is InChI=1S/C20H33N5O3/c1-3-21-20(23-16-17(2)24-12-14-28-15-13-24)22-11-5-4-6-18-7-9-19(10-8-18)25(26)27/h7-10,17H,3-6,11-16H2,1-2H3,(H2,21,22,23). The van der Waals surface area contributed by atoms with Crippen molar-refractivity contribution >= 4 is 11.6 Å². The zero-order chi connectivity index (χ0) is 20.2. The van der Waals surface area contributed by atoms with Crippen LogP contribution in [0.2, 0.25) is 0 Å². The molecule has 1 aliphatic heterocycles. The van der Waals surface area contributed by atoms with Crippen LogP contribution in [-0.4, -0.2) is 67.8 Å². The van der Waals surface area contributed by atoms with Gasteiger partial charge in [-0.1, -0.05) is 12.1 Å². The fourth-order valence-electron chi connectivity index (χ4n) is 3.14. The van der Waals surface area contributed by atoms with Gasteiger partial charge in [0.25, 0.3) is 5.69 Å². The first kappa shape index (κ1) is 22.1. The summed E-state index contributed by atoms with van der Waals surface area (Å²) in [6.07, 6.45) is 2.95. The summed E-state index contributed by atoms with van der Waals surface area (Å²) in [6.45, 7) is 10.3. The maximum atomic E-state index is 10.7. The van der Waals surface area contributed by atoms with Crippen molar-refractivity contribution in [2.45, 2.75) is 39.2 Å². The molecule has 28 heavy (non-hydrogen) atoms. The molecule has 1 fully saturated rings. The number of benzene rings is 1. The van der Waals surface area contributed by atoms with Crippen LogP contribution in [0.1, 0.15) is 32.3 Å². The molecule has 1 aromatic rings. The molecule has 2 rings (SSSR count). The molecule has 0 radical (unpaired) electrons. The van der Waals surface area contributed by atoms with E-state index in [4.69, 9.17) is 9.73 Å². The van der Waals surface area contributed by atoms with E-state index in [1.165, 1.54) is 0 Å². The molecule has 0 spiro atoms. The Labute approximate surface area is 167 Å². The van der Waals surface area contributed by atoms with Gasteiger partial charge in [-0.05, 0) is 38.7 Å². The molecule has 1 aromatic carbocycles. The molecule has 0 aromatic heterocycles. The van der Waals surface area contributed by atoms with Gasteiger partial charge in [-0.25, -0.2) is 0 Å². The monoisotopic (exact) mass is 391 g/mol. The Balaban J connectivity index is 1.68. The molecule has 0 amide bonds. The van der Waals surface area contributed by atoms with E-state index in [9.17, 15) is 10.1 Å². The first-order valence-electron chi connectivity index (χ1n) is 10.2. The van der Waals surface area contributed by atoms with Crippen molar-refractivity contribution in [2.75, 3.05) is 45.9 Å². The second-order valence-corrected chi connectivity index (χ2v) is 7.02. The molecular weight excluding hydrogens is 358 g/mol. The Bertz CT molecular complexity index is 615. The zero-order valence-electron chi connectivity index (χ0n) is 17.0. The minimum Gasteiger partial charge on any atom is -0.379 e. The maximum Gasteiger partial charge on any atom is 0.269 e. The number of morpholine rings is 1. The third-order valence-corrected chi connectivity index (χ3v) is 4.86. The number of aryl methyl sites for hydroxylation is 1. The van der Waals surface area contributed by atoms with Gasteiger partial charge in [-0.2, -0.15) is 0 Å². The molecule has 2 N–H and O–H groups in total. The van der Waals surface area contributed by atoms with E-state index in [1.54, 1.807) is 12.1 Å². The third-order valence-electron chi connectivity index (χ3n) is 4.86. The van der Waals surface area contributed by atoms with E-state index in [0.717, 1.165) is 76.7 Å². The molecule has 1 aliphatic rings. The van der Waals surface area contributed by atoms with Crippen molar-refractivity contribution in [1.29, 1.82) is 0 Å². The maximum absolute atomic E-state index is 10.7. The molecule has 1 atom stereocenters. The Morgan fingerprint density at radius 1 is 1.25 bits per heavy atom. The molecule has 156 valence electrons. The summed E-state index contributed by atoms with van der Waals surface area (Å²) in [5.74, 6) is 0.859. The third kappa shape index (κ3) is 7.82. The van der Waals surface area contributed by atoms with Crippen molar-refractivity contribution < 1.29 is 9.66 Å². The lowest BCUT2D eigenvalue weighted by molar-refractivity contribution is -0.384. The normalized spacial score (nSPS) is 16.6. The minimum absolute atomic E-state index is 0.142. The van der Waals surface area contributed by atoms with E-state index in [0.29, 0.717) is 6.04 Å². The zero-order valence-corrected chi connectivity index (χ0v) is 17.0. The summed E-state index contributed by atoms with van der Waals surface area (Å²) in [7, 11) is 0. The average Bonchev–Trinajstić information content (AvgIpc) is 2.72. The summed E-state index contributed by atoms with van der Waals surface area (Å²) < 4.78 is 5.41. The Morgan fingerprint density at radius 3 is 2.61 bits per heavy atom. The van der Waals surface area contributed by atoms with Gasteiger partial charge >= 0.3 is 0 Å². The molecule has 0 aliphatic carbocycles. The van der Waals surface area contributed by atoms with Crippen LogP contribution in [0.4, 0.5) is 5.69 Å². The molecule has 0 saturated carbocycles. The largest absolute Gasteiger partial charge is 0.379 e. The van der Waals surface area contributed by atoms with Gasteiger partial charge in [0.15, 0.2) is 5.96 Å². The molecule has 1 saturated heterocycles. The van der Waals surface area contributed by atoms with Crippen LogP contribution in [-0.2, 0) is 11.2 Å². The van der Waals surface area contributed by atoms with Gasteiger partial charge in [0.2, 0.25) is 0 Å². The minimum atomic E-state index is -0.366. The first-order valence-corrected chi connectivity index (χ1v) is 10.2. The summed E-state index contributed by atoms with van der Waals surface area (Å²) in [5.41, 5.74) is 1.27. The quantitative estimate of drug-likeness (QED) is 0.209. The van der Waals surface area contributed by atoms with Gasteiger partial charge in [0.05, 0.1) is 24.7 Å². The fourth-order valence-corrected chi connectivity index (χ4v) is 3.14. The number of hydrogen-bond donors (Lipinski definition) is 2. The second-order valence-electron chi connectivity index (χ2n) is 7.02. The van der Waals surface area contributed by atoms with Gasteiger partial charge in [0, 0.05) is 44.4 Å². The second kappa shape index (κ2) is 12.3.